The molecule has 24 heavy (non-hydrogen) atoms. The molecule has 4 aliphatic rings. The molecule has 1 saturated heterocycles. The third kappa shape index (κ3) is 1.43. The Kier molecular flexibility index (Phi) is 2.79. The van der Waals surface area contributed by atoms with E-state index in [1.165, 1.54) is 0 Å². The molecule has 1 aromatic carbocycles. The number of likely N-dealkylation sites (tertiary alicyclic amines) is 1. The fourth-order valence-electron chi connectivity index (χ4n) is 5.99. The van der Waals surface area contributed by atoms with Crippen LogP contribution in [0.25, 0.3) is 0 Å². The first kappa shape index (κ1) is 14.8. The van der Waals surface area contributed by atoms with Gasteiger partial charge < -0.3 is 20.1 Å². The Labute approximate surface area is 141 Å². The van der Waals surface area contributed by atoms with Crippen LogP contribution in [0, 0.1) is 0 Å². The van der Waals surface area contributed by atoms with Gasteiger partial charge in [-0.3, -0.25) is 4.90 Å². The van der Waals surface area contributed by atoms with Crippen LogP contribution >= 0.6 is 0 Å². The Morgan fingerprint density at radius 3 is 3.00 bits per heavy atom. The molecule has 2 bridgehead atoms. The highest BCUT2D eigenvalue weighted by Crippen LogP contribution is 2.65. The number of hydrogen-bond donors (Lipinski definition) is 3. The molecule has 128 valence electrons. The van der Waals surface area contributed by atoms with Gasteiger partial charge in [0, 0.05) is 18.2 Å². The normalized spacial score (nSPS) is 42.3. The van der Waals surface area contributed by atoms with E-state index in [9.17, 15) is 15.3 Å². The molecule has 5 atom stereocenters. The molecule has 0 aromatic heterocycles. The molecule has 1 saturated carbocycles. The van der Waals surface area contributed by atoms with Gasteiger partial charge in [-0.25, -0.2) is 0 Å². The summed E-state index contributed by atoms with van der Waals surface area (Å²) in [5.41, 5.74) is 0.518. The van der Waals surface area contributed by atoms with Crippen LogP contribution in [0.2, 0.25) is 0 Å². The van der Waals surface area contributed by atoms with Crippen LogP contribution in [0.15, 0.2) is 24.8 Å². The highest BCUT2D eigenvalue weighted by atomic mass is 16.5. The molecule has 2 aliphatic carbocycles. The number of benzene rings is 1. The number of aliphatic hydroxyl groups is 2. The van der Waals surface area contributed by atoms with Gasteiger partial charge in [0.1, 0.15) is 6.10 Å². The standard InChI is InChI=1S/C19H23NO4/c1-2-8-20-9-7-18-15-11-3-4-12(21)16(15)24-17(18)13(22)5-6-19(18,23)14(20)10-11/h2-4,13-14,17,21-23H,1,5-10H2/t13?,14?,17?,18-,19+/m0/s1. The molecule has 2 fully saturated rings. The molecule has 5 rings (SSSR count). The summed E-state index contributed by atoms with van der Waals surface area (Å²) < 4.78 is 6.08. The summed E-state index contributed by atoms with van der Waals surface area (Å²) in [6, 6.07) is 3.62. The maximum Gasteiger partial charge on any atom is 0.165 e. The Balaban J connectivity index is 1.78. The first-order valence-electron chi connectivity index (χ1n) is 8.80. The number of ether oxygens (including phenoxy) is 1. The minimum atomic E-state index is -0.940. The van der Waals surface area contributed by atoms with Crippen LogP contribution < -0.4 is 4.74 Å². The lowest BCUT2D eigenvalue weighted by atomic mass is 9.48. The fraction of sp³-hybridized carbons (Fsp3) is 0.579. The van der Waals surface area contributed by atoms with Crippen molar-refractivity contribution in [2.45, 2.75) is 54.9 Å². The van der Waals surface area contributed by atoms with Crippen LogP contribution in [0.5, 0.6) is 11.5 Å². The zero-order valence-corrected chi connectivity index (χ0v) is 13.6. The molecule has 2 heterocycles. The predicted octanol–water partition coefficient (Wildman–Crippen LogP) is 1.09. The minimum Gasteiger partial charge on any atom is -0.504 e. The summed E-state index contributed by atoms with van der Waals surface area (Å²) in [4.78, 5) is 2.31. The monoisotopic (exact) mass is 329 g/mol. The Morgan fingerprint density at radius 1 is 1.38 bits per heavy atom. The van der Waals surface area contributed by atoms with Crippen LogP contribution in [0.4, 0.5) is 0 Å². The molecule has 2 aliphatic heterocycles. The molecule has 3 unspecified atom stereocenters. The topological polar surface area (TPSA) is 73.2 Å². The van der Waals surface area contributed by atoms with E-state index in [0.29, 0.717) is 18.6 Å². The second kappa shape index (κ2) is 4.54. The average Bonchev–Trinajstić information content (AvgIpc) is 2.91. The summed E-state index contributed by atoms with van der Waals surface area (Å²) in [5.74, 6) is 0.589. The van der Waals surface area contributed by atoms with Crippen LogP contribution in [-0.2, 0) is 11.8 Å². The number of phenols is 1. The summed E-state index contributed by atoms with van der Waals surface area (Å²) in [6.45, 7) is 5.44. The minimum absolute atomic E-state index is 0.00848. The third-order valence-corrected chi connectivity index (χ3v) is 6.91. The lowest BCUT2D eigenvalue weighted by Gasteiger charge is -2.63. The number of rotatable bonds is 2. The maximum absolute atomic E-state index is 11.9. The zero-order valence-electron chi connectivity index (χ0n) is 13.6. The fourth-order valence-corrected chi connectivity index (χ4v) is 5.99. The van der Waals surface area contributed by atoms with E-state index in [1.54, 1.807) is 6.07 Å². The van der Waals surface area contributed by atoms with Gasteiger partial charge in [-0.05, 0) is 43.9 Å². The van der Waals surface area contributed by atoms with Crippen LogP contribution in [0.1, 0.15) is 30.4 Å². The van der Waals surface area contributed by atoms with E-state index < -0.39 is 23.2 Å². The summed E-state index contributed by atoms with van der Waals surface area (Å²) >= 11 is 0. The van der Waals surface area contributed by atoms with Crippen molar-refractivity contribution in [2.75, 3.05) is 13.1 Å². The predicted molar refractivity (Wildman–Crippen MR) is 88.3 cm³/mol. The van der Waals surface area contributed by atoms with E-state index in [-0.39, 0.29) is 11.8 Å². The Morgan fingerprint density at radius 2 is 2.21 bits per heavy atom. The third-order valence-electron chi connectivity index (χ3n) is 6.91. The first-order valence-corrected chi connectivity index (χ1v) is 8.80. The number of phenolic OH excluding ortho intramolecular Hbond substituents is 1. The van der Waals surface area contributed by atoms with Crippen molar-refractivity contribution in [2.24, 2.45) is 0 Å². The quantitative estimate of drug-likeness (QED) is 0.709. The highest BCUT2D eigenvalue weighted by molar-refractivity contribution is 5.62. The van der Waals surface area contributed by atoms with Crippen LogP contribution in [-0.4, -0.2) is 57.2 Å². The molecule has 1 aromatic rings. The van der Waals surface area contributed by atoms with Gasteiger partial charge in [0.05, 0.1) is 17.1 Å². The molecular weight excluding hydrogens is 306 g/mol. The van der Waals surface area contributed by atoms with Gasteiger partial charge in [0.25, 0.3) is 0 Å². The Bertz CT molecular complexity index is 734. The summed E-state index contributed by atoms with van der Waals surface area (Å²) in [6.07, 6.45) is 3.33. The van der Waals surface area contributed by atoms with Gasteiger partial charge in [0.2, 0.25) is 0 Å². The second-order valence-corrected chi connectivity index (χ2v) is 7.74. The molecule has 1 spiro atoms. The van der Waals surface area contributed by atoms with Crippen molar-refractivity contribution in [1.82, 2.24) is 4.90 Å². The van der Waals surface area contributed by atoms with Gasteiger partial charge in [-0.15, -0.1) is 6.58 Å². The van der Waals surface area contributed by atoms with Crippen molar-refractivity contribution in [3.8, 4) is 11.5 Å². The highest BCUT2D eigenvalue weighted by Gasteiger charge is 2.72. The van der Waals surface area contributed by atoms with Crippen LogP contribution in [0.3, 0.4) is 0 Å². The van der Waals surface area contributed by atoms with Crippen molar-refractivity contribution in [1.29, 1.82) is 0 Å². The summed E-state index contributed by atoms with van der Waals surface area (Å²) in [7, 11) is 0. The zero-order chi connectivity index (χ0) is 16.7. The number of aromatic hydroxyl groups is 1. The van der Waals surface area contributed by atoms with Gasteiger partial charge >= 0.3 is 0 Å². The molecule has 0 radical (unpaired) electrons. The van der Waals surface area contributed by atoms with E-state index in [1.807, 2.05) is 12.1 Å². The number of aliphatic hydroxyl groups excluding tert-OH is 1. The summed E-state index contributed by atoms with van der Waals surface area (Å²) in [5, 5.41) is 32.8. The largest absolute Gasteiger partial charge is 0.504 e. The second-order valence-electron chi connectivity index (χ2n) is 7.74. The van der Waals surface area contributed by atoms with E-state index in [2.05, 4.69) is 11.5 Å². The van der Waals surface area contributed by atoms with Crippen molar-refractivity contribution in [3.05, 3.63) is 35.9 Å². The lowest BCUT2D eigenvalue weighted by molar-refractivity contribution is -0.206. The van der Waals surface area contributed by atoms with Crippen molar-refractivity contribution in [3.63, 3.8) is 0 Å². The molecular formula is C19H23NO4. The molecule has 5 heteroatoms. The van der Waals surface area contributed by atoms with E-state index in [4.69, 9.17) is 4.74 Å². The Hall–Kier alpha value is -1.56. The van der Waals surface area contributed by atoms with Crippen molar-refractivity contribution >= 4 is 0 Å². The molecule has 3 N–H and O–H groups in total. The average molecular weight is 329 g/mol. The number of hydrogen-bond acceptors (Lipinski definition) is 5. The van der Waals surface area contributed by atoms with E-state index >= 15 is 0 Å². The maximum atomic E-state index is 11.9. The SMILES string of the molecule is C=CCN1CC[C@]23c4c5ccc(O)c4OC2C(O)CC[C@@]3(O)C1C5. The smallest absolute Gasteiger partial charge is 0.165 e. The lowest BCUT2D eigenvalue weighted by Crippen LogP contribution is -2.77. The van der Waals surface area contributed by atoms with Crippen molar-refractivity contribution < 1.29 is 20.1 Å². The van der Waals surface area contributed by atoms with E-state index in [0.717, 1.165) is 37.1 Å². The molecule has 5 nitrogen and oxygen atoms in total. The number of piperidine rings is 1. The van der Waals surface area contributed by atoms with Gasteiger partial charge in [-0.2, -0.15) is 0 Å². The number of nitrogens with zero attached hydrogens (tertiary/aromatic N) is 1. The first-order chi connectivity index (χ1) is 11.5. The van der Waals surface area contributed by atoms with Gasteiger partial charge in [0.15, 0.2) is 11.5 Å². The molecule has 0 amide bonds. The van der Waals surface area contributed by atoms with Gasteiger partial charge in [-0.1, -0.05) is 12.1 Å².